The molecular weight excluding hydrogens is 136 g/mol. The average Bonchev–Trinajstić information content (AvgIpc) is 1.98. The van der Waals surface area contributed by atoms with E-state index in [2.05, 4.69) is 12.5 Å². The molecule has 0 aliphatic rings. The number of allylic oxidation sites excluding steroid dienone is 4. The van der Waals surface area contributed by atoms with Gasteiger partial charge in [-0.15, -0.1) is 6.42 Å². The van der Waals surface area contributed by atoms with Gasteiger partial charge in [-0.1, -0.05) is 30.2 Å². The largest absolute Gasteiger partial charge is 0.391 e. The van der Waals surface area contributed by atoms with Crippen molar-refractivity contribution in [3.63, 3.8) is 0 Å². The molecule has 1 N–H and O–H groups in total. The van der Waals surface area contributed by atoms with E-state index in [1.54, 1.807) is 12.2 Å². The summed E-state index contributed by atoms with van der Waals surface area (Å²) in [6.45, 7) is 5.47. The minimum Gasteiger partial charge on any atom is -0.391 e. The first kappa shape index (κ1) is 9.74. The summed E-state index contributed by atoms with van der Waals surface area (Å²) >= 11 is 0. The lowest BCUT2D eigenvalue weighted by Crippen LogP contribution is -1.83. The Morgan fingerprint density at radius 2 is 2.36 bits per heavy atom. The summed E-state index contributed by atoms with van der Waals surface area (Å²) < 4.78 is 0. The smallest absolute Gasteiger partial charge is 0.0760 e. The minimum absolute atomic E-state index is 0.0863. The molecular formula is C10H12O. The van der Waals surface area contributed by atoms with Crippen LogP contribution in [0.15, 0.2) is 36.0 Å². The Bertz CT molecular complexity index is 226. The molecule has 11 heavy (non-hydrogen) atoms. The van der Waals surface area contributed by atoms with Gasteiger partial charge in [0.05, 0.1) is 6.61 Å². The maximum Gasteiger partial charge on any atom is 0.0760 e. The van der Waals surface area contributed by atoms with Crippen LogP contribution in [-0.4, -0.2) is 11.7 Å². The van der Waals surface area contributed by atoms with E-state index < -0.39 is 0 Å². The van der Waals surface area contributed by atoms with E-state index in [9.17, 15) is 0 Å². The molecule has 0 amide bonds. The Morgan fingerprint density at radius 3 is 2.73 bits per heavy atom. The minimum atomic E-state index is -0.0863. The van der Waals surface area contributed by atoms with Gasteiger partial charge in [-0.25, -0.2) is 0 Å². The summed E-state index contributed by atoms with van der Waals surface area (Å²) in [4.78, 5) is 0. The summed E-state index contributed by atoms with van der Waals surface area (Å²) in [5, 5.41) is 8.62. The highest BCUT2D eigenvalue weighted by atomic mass is 16.3. The van der Waals surface area contributed by atoms with E-state index in [1.165, 1.54) is 0 Å². The van der Waals surface area contributed by atoms with Crippen LogP contribution >= 0.6 is 0 Å². The molecule has 0 aliphatic carbocycles. The van der Waals surface area contributed by atoms with Crippen molar-refractivity contribution in [2.24, 2.45) is 0 Å². The topological polar surface area (TPSA) is 20.2 Å². The molecule has 0 aromatic carbocycles. The number of hydrogen-bond donors (Lipinski definition) is 1. The summed E-state index contributed by atoms with van der Waals surface area (Å²) in [5.41, 5.74) is 1.53. The molecule has 1 heteroatoms. The van der Waals surface area contributed by atoms with Crippen molar-refractivity contribution < 1.29 is 5.11 Å². The Hall–Kier alpha value is -1.26. The molecule has 0 saturated carbocycles. The Balaban J connectivity index is 4.11. The molecule has 58 valence electrons. The van der Waals surface area contributed by atoms with Gasteiger partial charge in [0.2, 0.25) is 0 Å². The summed E-state index contributed by atoms with van der Waals surface area (Å²) in [5.74, 6) is 2.36. The summed E-state index contributed by atoms with van der Waals surface area (Å²) in [6, 6.07) is 0. The van der Waals surface area contributed by atoms with Crippen molar-refractivity contribution in [2.75, 3.05) is 6.61 Å². The van der Waals surface area contributed by atoms with E-state index in [-0.39, 0.29) is 6.61 Å². The lowest BCUT2D eigenvalue weighted by Gasteiger charge is -1.88. The zero-order chi connectivity index (χ0) is 8.69. The Labute approximate surface area is 67.7 Å². The standard InChI is InChI=1S/C10H12O/c1-4-10(8-11)7-5-6-9(2)3/h1,5-7,11H,2,8H2,3H3/b6-5-,10-7+. The predicted molar refractivity (Wildman–Crippen MR) is 48.0 cm³/mol. The Kier molecular flexibility index (Phi) is 4.89. The van der Waals surface area contributed by atoms with Gasteiger partial charge in [0, 0.05) is 5.57 Å². The molecule has 0 bridgehead atoms. The van der Waals surface area contributed by atoms with Crippen LogP contribution in [0.4, 0.5) is 0 Å². The molecule has 0 aromatic rings. The van der Waals surface area contributed by atoms with Crippen molar-refractivity contribution in [1.29, 1.82) is 0 Å². The maximum absolute atomic E-state index is 8.62. The van der Waals surface area contributed by atoms with E-state index >= 15 is 0 Å². The van der Waals surface area contributed by atoms with Crippen LogP contribution in [0, 0.1) is 12.3 Å². The van der Waals surface area contributed by atoms with E-state index in [4.69, 9.17) is 11.5 Å². The lowest BCUT2D eigenvalue weighted by molar-refractivity contribution is 0.336. The van der Waals surface area contributed by atoms with Crippen molar-refractivity contribution in [3.8, 4) is 12.3 Å². The van der Waals surface area contributed by atoms with Crippen LogP contribution in [0.5, 0.6) is 0 Å². The van der Waals surface area contributed by atoms with Crippen molar-refractivity contribution in [2.45, 2.75) is 6.92 Å². The van der Waals surface area contributed by atoms with Crippen molar-refractivity contribution in [1.82, 2.24) is 0 Å². The quantitative estimate of drug-likeness (QED) is 0.477. The molecule has 1 nitrogen and oxygen atoms in total. The normalized spacial score (nSPS) is 11.5. The maximum atomic E-state index is 8.62. The van der Waals surface area contributed by atoms with Gasteiger partial charge in [0.15, 0.2) is 0 Å². The first-order chi connectivity index (χ1) is 5.20. The summed E-state index contributed by atoms with van der Waals surface area (Å²) in [7, 11) is 0. The second-order valence-corrected chi connectivity index (χ2v) is 2.20. The van der Waals surface area contributed by atoms with Crippen molar-refractivity contribution >= 4 is 0 Å². The first-order valence-electron chi connectivity index (χ1n) is 3.31. The third-order valence-electron chi connectivity index (χ3n) is 1.03. The van der Waals surface area contributed by atoms with Gasteiger partial charge >= 0.3 is 0 Å². The second kappa shape index (κ2) is 5.52. The van der Waals surface area contributed by atoms with Crippen LogP contribution in [0.1, 0.15) is 6.92 Å². The average molecular weight is 148 g/mol. The van der Waals surface area contributed by atoms with E-state index in [0.717, 1.165) is 5.57 Å². The number of aliphatic hydroxyl groups is 1. The molecule has 0 unspecified atom stereocenters. The SMILES string of the molecule is C#C/C(=C\C=C/C(=C)C)CO. The third-order valence-corrected chi connectivity index (χ3v) is 1.03. The fourth-order valence-corrected chi connectivity index (χ4v) is 0.475. The van der Waals surface area contributed by atoms with Gasteiger partial charge < -0.3 is 5.11 Å². The first-order valence-corrected chi connectivity index (χ1v) is 3.31. The van der Waals surface area contributed by atoms with Gasteiger partial charge in [0.25, 0.3) is 0 Å². The molecule has 0 aliphatic heterocycles. The highest BCUT2D eigenvalue weighted by molar-refractivity contribution is 5.31. The molecule has 0 saturated heterocycles. The van der Waals surface area contributed by atoms with Gasteiger partial charge in [0.1, 0.15) is 0 Å². The molecule has 0 rings (SSSR count). The number of aliphatic hydroxyl groups excluding tert-OH is 1. The van der Waals surface area contributed by atoms with Crippen LogP contribution in [0.25, 0.3) is 0 Å². The second-order valence-electron chi connectivity index (χ2n) is 2.20. The predicted octanol–water partition coefficient (Wildman–Crippen LogP) is 1.67. The zero-order valence-corrected chi connectivity index (χ0v) is 6.67. The number of hydrogen-bond acceptors (Lipinski definition) is 1. The monoisotopic (exact) mass is 148 g/mol. The van der Waals surface area contributed by atoms with Crippen LogP contribution < -0.4 is 0 Å². The van der Waals surface area contributed by atoms with Gasteiger partial charge in [-0.3, -0.25) is 0 Å². The summed E-state index contributed by atoms with van der Waals surface area (Å²) in [6.07, 6.45) is 10.4. The van der Waals surface area contributed by atoms with E-state index in [0.29, 0.717) is 5.57 Å². The number of terminal acetylenes is 1. The van der Waals surface area contributed by atoms with Crippen LogP contribution in [-0.2, 0) is 0 Å². The molecule has 0 heterocycles. The fourth-order valence-electron chi connectivity index (χ4n) is 0.475. The lowest BCUT2D eigenvalue weighted by atomic mass is 10.2. The molecule has 0 fully saturated rings. The molecule has 0 radical (unpaired) electrons. The number of rotatable bonds is 3. The zero-order valence-electron chi connectivity index (χ0n) is 6.67. The molecule has 0 aromatic heterocycles. The molecule has 0 spiro atoms. The fraction of sp³-hybridized carbons (Fsp3) is 0.200. The van der Waals surface area contributed by atoms with E-state index in [1.807, 2.05) is 13.0 Å². The third kappa shape index (κ3) is 5.20. The van der Waals surface area contributed by atoms with Gasteiger partial charge in [-0.2, -0.15) is 0 Å². The van der Waals surface area contributed by atoms with Crippen molar-refractivity contribution in [3.05, 3.63) is 36.0 Å². The highest BCUT2D eigenvalue weighted by Gasteiger charge is 1.83. The van der Waals surface area contributed by atoms with Gasteiger partial charge in [-0.05, 0) is 13.0 Å². The highest BCUT2D eigenvalue weighted by Crippen LogP contribution is 1.93. The van der Waals surface area contributed by atoms with Crippen LogP contribution in [0.3, 0.4) is 0 Å². The molecule has 0 atom stereocenters. The Morgan fingerprint density at radius 1 is 1.73 bits per heavy atom. The van der Waals surface area contributed by atoms with Crippen LogP contribution in [0.2, 0.25) is 0 Å².